The van der Waals surface area contributed by atoms with E-state index in [9.17, 15) is 18.7 Å². The Morgan fingerprint density at radius 1 is 1.33 bits per heavy atom. The van der Waals surface area contributed by atoms with Gasteiger partial charge in [-0.05, 0) is 43.9 Å². The van der Waals surface area contributed by atoms with Crippen LogP contribution >= 0.6 is 0 Å². The van der Waals surface area contributed by atoms with Crippen molar-refractivity contribution in [1.82, 2.24) is 5.32 Å². The second kappa shape index (κ2) is 6.80. The molecule has 0 saturated heterocycles. The highest BCUT2D eigenvalue weighted by atomic mass is 19.2. The maximum absolute atomic E-state index is 13.2. The van der Waals surface area contributed by atoms with Gasteiger partial charge in [-0.3, -0.25) is 4.79 Å². The summed E-state index contributed by atoms with van der Waals surface area (Å²) < 4.78 is 26.1. The number of hydrogen-bond acceptors (Lipinski definition) is 2. The van der Waals surface area contributed by atoms with Crippen LogP contribution in [0.1, 0.15) is 37.9 Å². The van der Waals surface area contributed by atoms with Crippen LogP contribution in [0.5, 0.6) is 0 Å². The Balaban J connectivity index is 1.98. The van der Waals surface area contributed by atoms with Gasteiger partial charge in [0.05, 0.1) is 12.1 Å². The van der Waals surface area contributed by atoms with Crippen molar-refractivity contribution < 1.29 is 18.7 Å². The first kappa shape index (κ1) is 15.6. The van der Waals surface area contributed by atoms with Gasteiger partial charge in [-0.2, -0.15) is 0 Å². The molecule has 114 valence electrons. The quantitative estimate of drug-likeness (QED) is 0.839. The molecular formula is C16H19F2NO2. The SMILES string of the molecule is CC(NC(=O)C1CC=CCC1)C(O)c1ccc(F)c(F)c1. The smallest absolute Gasteiger partial charge is 0.223 e. The average Bonchev–Trinajstić information content (AvgIpc) is 2.50. The van der Waals surface area contributed by atoms with Gasteiger partial charge in [0.1, 0.15) is 0 Å². The van der Waals surface area contributed by atoms with E-state index < -0.39 is 23.8 Å². The molecule has 0 bridgehead atoms. The summed E-state index contributed by atoms with van der Waals surface area (Å²) in [5.74, 6) is -2.18. The minimum absolute atomic E-state index is 0.0883. The summed E-state index contributed by atoms with van der Waals surface area (Å²) in [6.07, 6.45) is 5.30. The third-order valence-corrected chi connectivity index (χ3v) is 3.77. The first-order valence-corrected chi connectivity index (χ1v) is 7.07. The molecule has 3 nitrogen and oxygen atoms in total. The number of hydrogen-bond donors (Lipinski definition) is 2. The van der Waals surface area contributed by atoms with Gasteiger partial charge in [-0.25, -0.2) is 8.78 Å². The summed E-state index contributed by atoms with van der Waals surface area (Å²) in [6, 6.07) is 2.66. The summed E-state index contributed by atoms with van der Waals surface area (Å²) in [6.45, 7) is 1.64. The van der Waals surface area contributed by atoms with Crippen molar-refractivity contribution in [2.24, 2.45) is 5.92 Å². The summed E-state index contributed by atoms with van der Waals surface area (Å²) in [5.41, 5.74) is 0.241. The predicted octanol–water partition coefficient (Wildman–Crippen LogP) is 2.86. The zero-order chi connectivity index (χ0) is 15.4. The van der Waals surface area contributed by atoms with Crippen LogP contribution in [0.2, 0.25) is 0 Å². The van der Waals surface area contributed by atoms with Crippen LogP contribution in [0.3, 0.4) is 0 Å². The number of allylic oxidation sites excluding steroid dienone is 2. The molecule has 1 amide bonds. The standard InChI is InChI=1S/C16H19F2NO2/c1-10(19-16(21)11-5-3-2-4-6-11)15(20)12-7-8-13(17)14(18)9-12/h2-3,7-11,15,20H,4-6H2,1H3,(H,19,21). The van der Waals surface area contributed by atoms with Crippen molar-refractivity contribution in [2.45, 2.75) is 38.3 Å². The zero-order valence-corrected chi connectivity index (χ0v) is 11.9. The second-order valence-electron chi connectivity index (χ2n) is 5.40. The molecule has 5 heteroatoms. The molecule has 0 saturated carbocycles. The molecule has 1 aromatic carbocycles. The molecular weight excluding hydrogens is 276 g/mol. The van der Waals surface area contributed by atoms with Crippen LogP contribution in [0.15, 0.2) is 30.4 Å². The Morgan fingerprint density at radius 3 is 2.71 bits per heavy atom. The molecule has 0 fully saturated rings. The number of carbonyl (C=O) groups excluding carboxylic acids is 1. The third-order valence-electron chi connectivity index (χ3n) is 3.77. The van der Waals surface area contributed by atoms with Gasteiger partial charge in [-0.15, -0.1) is 0 Å². The van der Waals surface area contributed by atoms with E-state index in [2.05, 4.69) is 5.32 Å². The van der Waals surface area contributed by atoms with E-state index in [1.807, 2.05) is 12.2 Å². The van der Waals surface area contributed by atoms with Gasteiger partial charge in [0.25, 0.3) is 0 Å². The molecule has 1 aliphatic carbocycles. The summed E-state index contributed by atoms with van der Waals surface area (Å²) in [5, 5.41) is 12.9. The molecule has 0 aliphatic heterocycles. The zero-order valence-electron chi connectivity index (χ0n) is 11.9. The first-order chi connectivity index (χ1) is 9.99. The molecule has 3 unspecified atom stereocenters. The fraction of sp³-hybridized carbons (Fsp3) is 0.438. The van der Waals surface area contributed by atoms with Crippen LogP contribution in [0.4, 0.5) is 8.78 Å². The van der Waals surface area contributed by atoms with Crippen LogP contribution in [-0.4, -0.2) is 17.1 Å². The lowest BCUT2D eigenvalue weighted by Crippen LogP contribution is -2.40. The van der Waals surface area contributed by atoms with Gasteiger partial charge in [0.2, 0.25) is 5.91 Å². The van der Waals surface area contributed by atoms with Crippen molar-refractivity contribution in [2.75, 3.05) is 0 Å². The molecule has 21 heavy (non-hydrogen) atoms. The Hall–Kier alpha value is -1.75. The number of carbonyl (C=O) groups is 1. The highest BCUT2D eigenvalue weighted by Gasteiger charge is 2.24. The Bertz CT molecular complexity index is 545. The van der Waals surface area contributed by atoms with E-state index in [0.717, 1.165) is 25.0 Å². The normalized spacial score (nSPS) is 20.9. The Morgan fingerprint density at radius 2 is 2.10 bits per heavy atom. The number of amides is 1. The number of nitrogens with one attached hydrogen (secondary N) is 1. The molecule has 0 aromatic heterocycles. The third kappa shape index (κ3) is 3.88. The Labute approximate surface area is 122 Å². The maximum Gasteiger partial charge on any atom is 0.223 e. The minimum Gasteiger partial charge on any atom is -0.386 e. The topological polar surface area (TPSA) is 49.3 Å². The van der Waals surface area contributed by atoms with E-state index >= 15 is 0 Å². The monoisotopic (exact) mass is 295 g/mol. The number of halogens is 2. The van der Waals surface area contributed by atoms with E-state index in [4.69, 9.17) is 0 Å². The van der Waals surface area contributed by atoms with Crippen molar-refractivity contribution in [3.63, 3.8) is 0 Å². The maximum atomic E-state index is 13.2. The lowest BCUT2D eigenvalue weighted by molar-refractivity contribution is -0.126. The lowest BCUT2D eigenvalue weighted by Gasteiger charge is -2.24. The second-order valence-corrected chi connectivity index (χ2v) is 5.40. The number of aliphatic hydroxyl groups excluding tert-OH is 1. The van der Waals surface area contributed by atoms with Gasteiger partial charge in [0, 0.05) is 5.92 Å². The van der Waals surface area contributed by atoms with Gasteiger partial charge >= 0.3 is 0 Å². The molecule has 1 aromatic rings. The van der Waals surface area contributed by atoms with Crippen LogP contribution in [0, 0.1) is 17.6 Å². The minimum atomic E-state index is -1.08. The van der Waals surface area contributed by atoms with E-state index in [1.54, 1.807) is 6.92 Å². The molecule has 0 heterocycles. The van der Waals surface area contributed by atoms with Crippen molar-refractivity contribution >= 4 is 5.91 Å². The molecule has 2 N–H and O–H groups in total. The van der Waals surface area contributed by atoms with E-state index in [1.165, 1.54) is 6.07 Å². The number of aliphatic hydroxyl groups is 1. The number of benzene rings is 1. The molecule has 2 rings (SSSR count). The molecule has 1 aliphatic rings. The van der Waals surface area contributed by atoms with Crippen LogP contribution in [-0.2, 0) is 4.79 Å². The van der Waals surface area contributed by atoms with Crippen molar-refractivity contribution in [3.05, 3.63) is 47.5 Å². The van der Waals surface area contributed by atoms with Gasteiger partial charge in [-0.1, -0.05) is 18.2 Å². The number of rotatable bonds is 4. The highest BCUT2D eigenvalue weighted by molar-refractivity contribution is 5.79. The van der Waals surface area contributed by atoms with Gasteiger partial charge < -0.3 is 10.4 Å². The van der Waals surface area contributed by atoms with E-state index in [-0.39, 0.29) is 17.4 Å². The fourth-order valence-corrected chi connectivity index (χ4v) is 2.44. The summed E-state index contributed by atoms with van der Waals surface area (Å²) in [7, 11) is 0. The summed E-state index contributed by atoms with van der Waals surface area (Å²) >= 11 is 0. The van der Waals surface area contributed by atoms with Crippen LogP contribution < -0.4 is 5.32 Å². The lowest BCUT2D eigenvalue weighted by atomic mass is 9.93. The Kier molecular flexibility index (Phi) is 5.07. The van der Waals surface area contributed by atoms with Gasteiger partial charge in [0.15, 0.2) is 11.6 Å². The summed E-state index contributed by atoms with van der Waals surface area (Å²) in [4.78, 5) is 12.1. The molecule has 3 atom stereocenters. The molecule has 0 radical (unpaired) electrons. The van der Waals surface area contributed by atoms with E-state index in [0.29, 0.717) is 6.42 Å². The van der Waals surface area contributed by atoms with Crippen LogP contribution in [0.25, 0.3) is 0 Å². The largest absolute Gasteiger partial charge is 0.386 e. The first-order valence-electron chi connectivity index (χ1n) is 7.07. The predicted molar refractivity (Wildman–Crippen MR) is 75.4 cm³/mol. The average molecular weight is 295 g/mol. The van der Waals surface area contributed by atoms with Crippen molar-refractivity contribution in [1.29, 1.82) is 0 Å². The highest BCUT2D eigenvalue weighted by Crippen LogP contribution is 2.22. The molecule has 0 spiro atoms. The van der Waals surface area contributed by atoms with Crippen molar-refractivity contribution in [3.8, 4) is 0 Å². The fourth-order valence-electron chi connectivity index (χ4n) is 2.44.